The highest BCUT2D eigenvalue weighted by Crippen LogP contribution is 2.24. The summed E-state index contributed by atoms with van der Waals surface area (Å²) in [4.78, 5) is 164. The fourth-order valence-corrected chi connectivity index (χ4v) is 21.6. The van der Waals surface area contributed by atoms with E-state index in [-0.39, 0.29) is 211 Å². The summed E-state index contributed by atoms with van der Waals surface area (Å²) >= 11 is 9.74. The average molecular weight is 2170 g/mol. The first-order chi connectivity index (χ1) is 70.3. The molecule has 6 atom stereocenters. The maximum absolute atomic E-state index is 13.3. The standard InChI is InChI=1S/C111H204N4O24S6/c1-13-19-23-27-31-35-39-43-47-51-83-140-88-94(7)106(122)134-77-72-129-102(118)58-66-114(67-59-103(119)130-73-78-135-107(123)95(8)89-141-84-52-48-44-40-36-32-28-24-20-14-2)70-87-144-92-98(11)110(126)138-79-71-128-100(116)56-64-113(63-55-62-112(17-5)18-6)65-57-101(117)133-76-82-139-111(127)99(12)145-93-115(68-60-104(120)131-74-80-136-108(124)96(9)90-142-85-53-49-45-41-37-33-29-25-21-15-3)69-61-105(121)132-75-81-137-109(125)97(10)91-143-86-54-50-46-42-38-34-30-26-22-16-4/h94-99H,13-93H2,1-12H3. The number of unbranched alkanes of at least 4 members (excludes halogenated alkanes) is 36. The van der Waals surface area contributed by atoms with Gasteiger partial charge in [-0.05, 0) is 88.2 Å². The predicted molar refractivity (Wildman–Crippen MR) is 598 cm³/mol. The number of carbonyl (C=O) groups excluding carboxylic acids is 12. The van der Waals surface area contributed by atoms with Gasteiger partial charge in [-0.2, -0.15) is 58.8 Å². The van der Waals surface area contributed by atoms with Gasteiger partial charge in [-0.1, -0.05) is 307 Å². The molecule has 0 spiro atoms. The van der Waals surface area contributed by atoms with Crippen LogP contribution in [0, 0.1) is 29.6 Å². The van der Waals surface area contributed by atoms with E-state index < -0.39 is 58.9 Å². The summed E-state index contributed by atoms with van der Waals surface area (Å²) < 4.78 is 65.7. The fourth-order valence-electron chi connectivity index (χ4n) is 15.4. The molecular weight excluding hydrogens is 1970 g/mol. The Balaban J connectivity index is 5.51. The van der Waals surface area contributed by atoms with E-state index >= 15 is 0 Å². The van der Waals surface area contributed by atoms with Gasteiger partial charge in [0.1, 0.15) is 84.5 Å². The zero-order valence-electron chi connectivity index (χ0n) is 92.8. The Morgan fingerprint density at radius 3 is 0.607 bits per heavy atom. The molecule has 0 aliphatic carbocycles. The highest BCUT2D eigenvalue weighted by Gasteiger charge is 2.25. The average Bonchev–Trinajstić information content (AvgIpc) is 0.946. The van der Waals surface area contributed by atoms with Gasteiger partial charge in [0.2, 0.25) is 0 Å². The Morgan fingerprint density at radius 1 is 0.193 bits per heavy atom. The lowest BCUT2D eigenvalue weighted by molar-refractivity contribution is -0.154. The van der Waals surface area contributed by atoms with Crippen molar-refractivity contribution in [1.82, 2.24) is 19.6 Å². The van der Waals surface area contributed by atoms with Crippen molar-refractivity contribution in [3.05, 3.63) is 0 Å². The van der Waals surface area contributed by atoms with Crippen molar-refractivity contribution in [1.29, 1.82) is 0 Å². The highest BCUT2D eigenvalue weighted by molar-refractivity contribution is 8.00. The van der Waals surface area contributed by atoms with Gasteiger partial charge in [0.15, 0.2) is 0 Å². The van der Waals surface area contributed by atoms with Crippen molar-refractivity contribution in [2.45, 2.75) is 390 Å². The van der Waals surface area contributed by atoms with Gasteiger partial charge in [0, 0.05) is 86.2 Å². The van der Waals surface area contributed by atoms with Crippen molar-refractivity contribution in [3.8, 4) is 0 Å². The summed E-state index contributed by atoms with van der Waals surface area (Å²) in [7, 11) is 0. The monoisotopic (exact) mass is 2170 g/mol. The summed E-state index contributed by atoms with van der Waals surface area (Å²) in [5.74, 6) is 0.581. The second-order valence-corrected chi connectivity index (χ2v) is 45.6. The molecular formula is C111H204N4O24S6. The van der Waals surface area contributed by atoms with Crippen molar-refractivity contribution in [2.75, 3.05) is 215 Å². The van der Waals surface area contributed by atoms with E-state index in [1.807, 2.05) is 42.4 Å². The summed E-state index contributed by atoms with van der Waals surface area (Å²) in [5, 5.41) is -0.708. The molecule has 0 bridgehead atoms. The highest BCUT2D eigenvalue weighted by atomic mass is 32.2. The SMILES string of the molecule is CCCCCCCCCCCCSCC(C)C(=O)OCCOC(=O)CCN(CCSCC(C)C(=O)OCCOC(=O)CCN(CCCN(CC)CC)CCC(=O)OCCOC(=O)C(C)SCN(CCC(=O)OCCOC(=O)C(C)CSCCCCCCCCCCCC)CCC(=O)OCCOC(=O)C(C)CSCCCCCCCCCCCC)CCC(=O)OCCOC(=O)C(C)CSCCCCCCCCCCCC. The number of hydrogen-bond acceptors (Lipinski definition) is 34. The lowest BCUT2D eigenvalue weighted by Gasteiger charge is -2.24. The third-order valence-electron chi connectivity index (χ3n) is 25.0. The Kier molecular flexibility index (Phi) is 101. The summed E-state index contributed by atoms with van der Waals surface area (Å²) in [6.45, 7) is 27.4. The van der Waals surface area contributed by atoms with Crippen LogP contribution in [0.1, 0.15) is 385 Å². The van der Waals surface area contributed by atoms with Gasteiger partial charge >= 0.3 is 71.6 Å². The molecule has 848 valence electrons. The molecule has 0 aromatic carbocycles. The van der Waals surface area contributed by atoms with Crippen LogP contribution in [-0.4, -0.2) is 311 Å². The fraction of sp³-hybridized carbons (Fsp3) is 0.892. The lowest BCUT2D eigenvalue weighted by atomic mass is 10.1. The molecule has 0 N–H and O–H groups in total. The summed E-state index contributed by atoms with van der Waals surface area (Å²) in [6, 6.07) is 0. The second kappa shape index (κ2) is 104. The molecule has 0 fully saturated rings. The van der Waals surface area contributed by atoms with Crippen LogP contribution < -0.4 is 0 Å². The Morgan fingerprint density at radius 2 is 0.379 bits per heavy atom. The molecule has 6 unspecified atom stereocenters. The van der Waals surface area contributed by atoms with Gasteiger partial charge in [0.25, 0.3) is 0 Å². The third-order valence-corrected chi connectivity index (χ3v) is 32.7. The van der Waals surface area contributed by atoms with E-state index in [2.05, 4.69) is 46.4 Å². The Hall–Kier alpha value is -4.42. The van der Waals surface area contributed by atoms with Gasteiger partial charge in [-0.25, -0.2) is 0 Å². The third kappa shape index (κ3) is 91.9. The van der Waals surface area contributed by atoms with Crippen LogP contribution in [0.5, 0.6) is 0 Å². The molecule has 0 aliphatic heterocycles. The first-order valence-electron chi connectivity index (χ1n) is 56.7. The van der Waals surface area contributed by atoms with Crippen LogP contribution in [-0.2, 0) is 114 Å². The molecule has 0 aliphatic rings. The quantitative estimate of drug-likeness (QED) is 0.0236. The van der Waals surface area contributed by atoms with Gasteiger partial charge in [0.05, 0.1) is 68.1 Å². The number of ether oxygens (including phenoxy) is 12. The first-order valence-corrected chi connectivity index (χ1v) is 63.5. The molecule has 34 heteroatoms. The van der Waals surface area contributed by atoms with Gasteiger partial charge < -0.3 is 71.5 Å². The molecule has 0 aromatic rings. The molecule has 0 radical (unpaired) electrons. The first kappa shape index (κ1) is 141. The van der Waals surface area contributed by atoms with E-state index in [9.17, 15) is 57.5 Å². The van der Waals surface area contributed by atoms with E-state index in [0.717, 1.165) is 74.7 Å². The van der Waals surface area contributed by atoms with E-state index in [1.165, 1.54) is 255 Å². The lowest BCUT2D eigenvalue weighted by Crippen LogP contribution is -2.33. The van der Waals surface area contributed by atoms with Gasteiger partial charge in [-0.3, -0.25) is 62.4 Å². The number of hydrogen-bond donors (Lipinski definition) is 0. The van der Waals surface area contributed by atoms with Gasteiger partial charge in [-0.15, -0.1) is 11.8 Å². The Bertz CT molecular complexity index is 3040. The minimum atomic E-state index is -0.708. The number of thioether (sulfide) groups is 6. The number of nitrogens with zero attached hydrogens (tertiary/aromatic N) is 4. The van der Waals surface area contributed by atoms with Crippen molar-refractivity contribution in [2.24, 2.45) is 29.6 Å². The van der Waals surface area contributed by atoms with Crippen LogP contribution in [0.2, 0.25) is 0 Å². The second-order valence-electron chi connectivity index (χ2n) is 38.6. The molecule has 0 saturated carbocycles. The zero-order valence-corrected chi connectivity index (χ0v) is 97.7. The normalized spacial score (nSPS) is 12.7. The van der Waals surface area contributed by atoms with Crippen LogP contribution in [0.15, 0.2) is 0 Å². The molecule has 0 heterocycles. The predicted octanol–water partition coefficient (Wildman–Crippen LogP) is 23.1. The molecule has 0 rings (SSSR count). The van der Waals surface area contributed by atoms with E-state index in [0.29, 0.717) is 47.6 Å². The number of esters is 12. The van der Waals surface area contributed by atoms with Crippen LogP contribution >= 0.6 is 70.6 Å². The smallest absolute Gasteiger partial charge is 0.318 e. The van der Waals surface area contributed by atoms with Crippen molar-refractivity contribution < 1.29 is 114 Å². The topological polar surface area (TPSA) is 329 Å². The van der Waals surface area contributed by atoms with E-state index in [4.69, 9.17) is 56.8 Å². The summed E-state index contributed by atoms with van der Waals surface area (Å²) in [6.07, 6.45) is 51.6. The van der Waals surface area contributed by atoms with Crippen LogP contribution in [0.3, 0.4) is 0 Å². The summed E-state index contributed by atoms with van der Waals surface area (Å²) in [5.41, 5.74) is 0. The van der Waals surface area contributed by atoms with Crippen molar-refractivity contribution in [3.63, 3.8) is 0 Å². The maximum atomic E-state index is 13.3. The van der Waals surface area contributed by atoms with Crippen LogP contribution in [0.25, 0.3) is 0 Å². The molecule has 28 nitrogen and oxygen atoms in total. The van der Waals surface area contributed by atoms with Crippen molar-refractivity contribution >= 4 is 142 Å². The number of rotatable bonds is 108. The zero-order chi connectivity index (χ0) is 107. The molecule has 145 heavy (non-hydrogen) atoms. The maximum Gasteiger partial charge on any atom is 0.318 e. The number of carbonyl (C=O) groups is 12. The molecule has 0 saturated heterocycles. The minimum Gasteiger partial charge on any atom is -0.462 e. The molecule has 0 aromatic heterocycles. The minimum absolute atomic E-state index is 0.00579. The van der Waals surface area contributed by atoms with Crippen LogP contribution in [0.4, 0.5) is 0 Å². The Labute approximate surface area is 904 Å². The van der Waals surface area contributed by atoms with E-state index in [1.54, 1.807) is 60.9 Å². The molecule has 0 amide bonds. The largest absolute Gasteiger partial charge is 0.462 e.